The van der Waals surface area contributed by atoms with Crippen LogP contribution in [0.4, 0.5) is 13.2 Å². The summed E-state index contributed by atoms with van der Waals surface area (Å²) in [4.78, 5) is 28.0. The van der Waals surface area contributed by atoms with Crippen LogP contribution in [0.5, 0.6) is 0 Å². The highest BCUT2D eigenvalue weighted by Gasteiger charge is 2.31. The van der Waals surface area contributed by atoms with Crippen molar-refractivity contribution < 1.29 is 18.0 Å². The molecule has 0 radical (unpaired) electrons. The van der Waals surface area contributed by atoms with Crippen LogP contribution in [0, 0.1) is 0 Å². The van der Waals surface area contributed by atoms with Gasteiger partial charge in [0.25, 0.3) is 5.56 Å². The van der Waals surface area contributed by atoms with E-state index in [4.69, 9.17) is 0 Å². The van der Waals surface area contributed by atoms with Crippen LogP contribution in [0.25, 0.3) is 6.08 Å². The lowest BCUT2D eigenvalue weighted by molar-refractivity contribution is -0.139. The molecular weight excluding hydrogens is 383 g/mol. The summed E-state index contributed by atoms with van der Waals surface area (Å²) in [6.07, 6.45) is 0.245. The number of alkyl halides is 3. The number of pyridine rings is 1. The molecule has 0 aliphatic carbocycles. The highest BCUT2D eigenvalue weighted by molar-refractivity contribution is 5.76. The zero-order valence-electron chi connectivity index (χ0n) is 15.8. The largest absolute Gasteiger partial charge is 0.417 e. The molecule has 1 aliphatic heterocycles. The van der Waals surface area contributed by atoms with E-state index in [1.807, 2.05) is 36.4 Å². The molecule has 0 spiro atoms. The van der Waals surface area contributed by atoms with Crippen LogP contribution in [-0.4, -0.2) is 53.0 Å². The smallest absolute Gasteiger partial charge is 0.339 e. The summed E-state index contributed by atoms with van der Waals surface area (Å²) >= 11 is 0. The minimum atomic E-state index is -4.56. The molecule has 2 heterocycles. The van der Waals surface area contributed by atoms with Gasteiger partial charge in [0.2, 0.25) is 5.91 Å². The Labute approximate surface area is 166 Å². The van der Waals surface area contributed by atoms with Gasteiger partial charge in [-0.3, -0.25) is 14.5 Å². The van der Waals surface area contributed by atoms with Gasteiger partial charge in [0.15, 0.2) is 0 Å². The molecule has 5 nitrogen and oxygen atoms in total. The van der Waals surface area contributed by atoms with E-state index < -0.39 is 23.8 Å². The van der Waals surface area contributed by atoms with Crippen LogP contribution < -0.4 is 5.56 Å². The minimum Gasteiger partial charge on any atom is -0.339 e. The van der Waals surface area contributed by atoms with Gasteiger partial charge < -0.3 is 9.47 Å². The van der Waals surface area contributed by atoms with Crippen LogP contribution in [0.3, 0.4) is 0 Å². The van der Waals surface area contributed by atoms with Crippen molar-refractivity contribution in [2.75, 3.05) is 32.7 Å². The first-order valence-electron chi connectivity index (χ1n) is 9.32. The fraction of sp³-hybridized carbons (Fsp3) is 0.333. The zero-order valence-corrected chi connectivity index (χ0v) is 15.8. The van der Waals surface area contributed by atoms with Gasteiger partial charge in [-0.25, -0.2) is 0 Å². The van der Waals surface area contributed by atoms with Crippen LogP contribution in [0.1, 0.15) is 11.1 Å². The number of halogens is 3. The molecule has 3 rings (SSSR count). The maximum absolute atomic E-state index is 12.8. The van der Waals surface area contributed by atoms with Gasteiger partial charge in [0.1, 0.15) is 6.54 Å². The number of hydrogen-bond acceptors (Lipinski definition) is 3. The average Bonchev–Trinajstić information content (AvgIpc) is 2.70. The van der Waals surface area contributed by atoms with Crippen molar-refractivity contribution in [3.8, 4) is 0 Å². The molecule has 0 saturated carbocycles. The highest BCUT2D eigenvalue weighted by atomic mass is 19.4. The molecule has 1 aliphatic rings. The fourth-order valence-electron chi connectivity index (χ4n) is 3.15. The van der Waals surface area contributed by atoms with E-state index in [2.05, 4.69) is 11.0 Å². The van der Waals surface area contributed by atoms with E-state index in [1.54, 1.807) is 4.90 Å². The number of carbonyl (C=O) groups is 1. The summed E-state index contributed by atoms with van der Waals surface area (Å²) in [5, 5.41) is 0. The van der Waals surface area contributed by atoms with Crippen molar-refractivity contribution in [1.82, 2.24) is 14.4 Å². The van der Waals surface area contributed by atoms with Crippen LogP contribution in [0.2, 0.25) is 0 Å². The van der Waals surface area contributed by atoms with Crippen molar-refractivity contribution in [3.05, 3.63) is 76.2 Å². The predicted molar refractivity (Wildman–Crippen MR) is 104 cm³/mol. The van der Waals surface area contributed by atoms with E-state index >= 15 is 0 Å². The molecule has 0 N–H and O–H groups in total. The van der Waals surface area contributed by atoms with Crippen molar-refractivity contribution in [1.29, 1.82) is 0 Å². The van der Waals surface area contributed by atoms with Crippen LogP contribution in [-0.2, 0) is 17.5 Å². The van der Waals surface area contributed by atoms with Crippen molar-refractivity contribution in [3.63, 3.8) is 0 Å². The number of nitrogens with zero attached hydrogens (tertiary/aromatic N) is 3. The van der Waals surface area contributed by atoms with Crippen molar-refractivity contribution in [2.24, 2.45) is 0 Å². The number of hydrogen-bond donors (Lipinski definition) is 0. The number of aromatic nitrogens is 1. The van der Waals surface area contributed by atoms with E-state index in [0.717, 1.165) is 28.8 Å². The van der Waals surface area contributed by atoms with Gasteiger partial charge in [-0.2, -0.15) is 13.2 Å². The van der Waals surface area contributed by atoms with Crippen LogP contribution >= 0.6 is 0 Å². The van der Waals surface area contributed by atoms with Gasteiger partial charge in [0, 0.05) is 45.0 Å². The Hall–Kier alpha value is -2.87. The van der Waals surface area contributed by atoms with Crippen molar-refractivity contribution >= 4 is 12.0 Å². The number of benzene rings is 1. The summed E-state index contributed by atoms with van der Waals surface area (Å²) in [5.74, 6) is -0.356. The molecule has 0 bridgehead atoms. The Morgan fingerprint density at radius 2 is 1.69 bits per heavy atom. The lowest BCUT2D eigenvalue weighted by atomic mass is 10.2. The summed E-state index contributed by atoms with van der Waals surface area (Å²) in [6.45, 7) is 2.66. The second-order valence-corrected chi connectivity index (χ2v) is 6.88. The van der Waals surface area contributed by atoms with Gasteiger partial charge >= 0.3 is 6.18 Å². The molecule has 1 fully saturated rings. The molecular formula is C21H22F3N3O2. The fourth-order valence-corrected chi connectivity index (χ4v) is 3.15. The van der Waals surface area contributed by atoms with Gasteiger partial charge in [-0.15, -0.1) is 0 Å². The monoisotopic (exact) mass is 405 g/mol. The lowest BCUT2D eigenvalue weighted by Gasteiger charge is -2.34. The normalized spacial score (nSPS) is 15.8. The Bertz CT molecular complexity index is 915. The summed E-state index contributed by atoms with van der Waals surface area (Å²) in [5.41, 5.74) is -0.455. The summed E-state index contributed by atoms with van der Waals surface area (Å²) < 4.78 is 39.3. The number of rotatable bonds is 5. The molecule has 0 unspecified atom stereocenters. The third-order valence-corrected chi connectivity index (χ3v) is 4.81. The van der Waals surface area contributed by atoms with Crippen LogP contribution in [0.15, 0.2) is 59.5 Å². The van der Waals surface area contributed by atoms with E-state index in [0.29, 0.717) is 32.4 Å². The third-order valence-electron chi connectivity index (χ3n) is 4.81. The maximum atomic E-state index is 12.8. The molecule has 29 heavy (non-hydrogen) atoms. The zero-order chi connectivity index (χ0) is 20.9. The number of piperazine rings is 1. The second kappa shape index (κ2) is 9.09. The number of carbonyl (C=O) groups excluding carboxylic acids is 1. The third kappa shape index (κ3) is 5.80. The Kier molecular flexibility index (Phi) is 6.53. The van der Waals surface area contributed by atoms with Gasteiger partial charge in [0.05, 0.1) is 5.56 Å². The molecule has 1 amide bonds. The first-order chi connectivity index (χ1) is 13.8. The Morgan fingerprint density at radius 3 is 2.34 bits per heavy atom. The number of amides is 1. The topological polar surface area (TPSA) is 45.6 Å². The summed E-state index contributed by atoms with van der Waals surface area (Å²) in [7, 11) is 0. The molecule has 1 saturated heterocycles. The first-order valence-corrected chi connectivity index (χ1v) is 9.32. The minimum absolute atomic E-state index is 0.356. The van der Waals surface area contributed by atoms with Gasteiger partial charge in [-0.05, 0) is 11.6 Å². The predicted octanol–water partition coefficient (Wildman–Crippen LogP) is 2.72. The molecule has 2 aromatic rings. The highest BCUT2D eigenvalue weighted by Crippen LogP contribution is 2.28. The van der Waals surface area contributed by atoms with E-state index in [9.17, 15) is 22.8 Å². The van der Waals surface area contributed by atoms with E-state index in [-0.39, 0.29) is 5.91 Å². The Balaban J connectivity index is 1.51. The quantitative estimate of drug-likeness (QED) is 0.769. The average molecular weight is 405 g/mol. The molecule has 154 valence electrons. The maximum Gasteiger partial charge on any atom is 0.417 e. The molecule has 1 aromatic heterocycles. The summed E-state index contributed by atoms with van der Waals surface area (Å²) in [6, 6.07) is 11.5. The Morgan fingerprint density at radius 1 is 1.00 bits per heavy atom. The SMILES string of the molecule is O=C(Cn1cc(C(F)(F)F)ccc1=O)N1CCN(CC=Cc2ccccc2)CC1. The second-order valence-electron chi connectivity index (χ2n) is 6.88. The first kappa shape index (κ1) is 20.9. The lowest BCUT2D eigenvalue weighted by Crippen LogP contribution is -2.49. The molecule has 8 heteroatoms. The van der Waals surface area contributed by atoms with Gasteiger partial charge in [-0.1, -0.05) is 42.5 Å². The van der Waals surface area contributed by atoms with Crippen molar-refractivity contribution in [2.45, 2.75) is 12.7 Å². The standard InChI is InChI=1S/C21H22F3N3O2/c22-21(23,24)18-8-9-19(28)27(15-18)16-20(29)26-13-11-25(12-14-26)10-4-7-17-5-2-1-3-6-17/h1-9,15H,10-14,16H2. The molecule has 0 atom stereocenters. The van der Waals surface area contributed by atoms with E-state index in [1.165, 1.54) is 0 Å². The molecule has 1 aromatic carbocycles.